The second-order valence-corrected chi connectivity index (χ2v) is 3.42. The number of hydrogen-bond acceptors (Lipinski definition) is 4. The molecule has 1 unspecified atom stereocenters. The lowest BCUT2D eigenvalue weighted by molar-refractivity contribution is -0.124. The van der Waals surface area contributed by atoms with E-state index in [1.165, 1.54) is 11.3 Å². The number of amides is 2. The Morgan fingerprint density at radius 2 is 2.23 bits per heavy atom. The van der Waals surface area contributed by atoms with Crippen molar-refractivity contribution in [2.75, 3.05) is 0 Å². The Balaban J connectivity index is 2.81. The van der Waals surface area contributed by atoms with Gasteiger partial charge in [0.15, 0.2) is 0 Å². The third kappa shape index (κ3) is 2.51. The standard InChI is InChI=1S/C7H9N3O2S/c8-5(11)3-4(6(9)12)7-10-1-2-13-7/h1-2,4H,3H2,(H2,8,11)(H2,9,12). The van der Waals surface area contributed by atoms with Gasteiger partial charge in [-0.05, 0) is 0 Å². The van der Waals surface area contributed by atoms with Gasteiger partial charge in [-0.2, -0.15) is 0 Å². The maximum Gasteiger partial charge on any atom is 0.227 e. The Kier molecular flexibility index (Phi) is 2.97. The van der Waals surface area contributed by atoms with E-state index in [1.807, 2.05) is 0 Å². The summed E-state index contributed by atoms with van der Waals surface area (Å²) in [5.41, 5.74) is 10.1. The maximum absolute atomic E-state index is 10.9. The minimum Gasteiger partial charge on any atom is -0.370 e. The maximum atomic E-state index is 10.9. The van der Waals surface area contributed by atoms with Crippen LogP contribution in [0, 0.1) is 0 Å². The summed E-state index contributed by atoms with van der Waals surface area (Å²) >= 11 is 1.28. The monoisotopic (exact) mass is 199 g/mol. The van der Waals surface area contributed by atoms with Crippen molar-refractivity contribution in [2.24, 2.45) is 11.5 Å². The molecule has 13 heavy (non-hydrogen) atoms. The zero-order valence-corrected chi connectivity index (χ0v) is 7.58. The highest BCUT2D eigenvalue weighted by Gasteiger charge is 2.22. The number of primary amides is 2. The molecular formula is C7H9N3O2S. The van der Waals surface area contributed by atoms with Crippen LogP contribution in [0.15, 0.2) is 11.6 Å². The lowest BCUT2D eigenvalue weighted by Crippen LogP contribution is -2.26. The van der Waals surface area contributed by atoms with Crippen LogP contribution in [0.2, 0.25) is 0 Å². The van der Waals surface area contributed by atoms with Crippen LogP contribution >= 0.6 is 11.3 Å². The number of carbonyl (C=O) groups is 2. The molecule has 0 spiro atoms. The van der Waals surface area contributed by atoms with Crippen LogP contribution in [0.3, 0.4) is 0 Å². The molecule has 1 aromatic heterocycles. The summed E-state index contributed by atoms with van der Waals surface area (Å²) in [6, 6.07) is 0. The molecule has 1 rings (SSSR count). The Hall–Kier alpha value is -1.43. The molecule has 0 aromatic carbocycles. The van der Waals surface area contributed by atoms with Crippen molar-refractivity contribution in [3.8, 4) is 0 Å². The normalized spacial score (nSPS) is 12.3. The van der Waals surface area contributed by atoms with Crippen LogP contribution in [-0.4, -0.2) is 16.8 Å². The van der Waals surface area contributed by atoms with Crippen LogP contribution in [0.5, 0.6) is 0 Å². The highest BCUT2D eigenvalue weighted by molar-refractivity contribution is 7.09. The van der Waals surface area contributed by atoms with Gasteiger partial charge in [-0.1, -0.05) is 0 Å². The molecule has 0 aliphatic heterocycles. The van der Waals surface area contributed by atoms with Gasteiger partial charge in [-0.3, -0.25) is 9.59 Å². The summed E-state index contributed by atoms with van der Waals surface area (Å²) in [6.45, 7) is 0. The van der Waals surface area contributed by atoms with E-state index in [9.17, 15) is 9.59 Å². The molecule has 0 bridgehead atoms. The smallest absolute Gasteiger partial charge is 0.227 e. The Morgan fingerprint density at radius 1 is 1.54 bits per heavy atom. The van der Waals surface area contributed by atoms with Gasteiger partial charge in [0.1, 0.15) is 5.01 Å². The average molecular weight is 199 g/mol. The van der Waals surface area contributed by atoms with Gasteiger partial charge in [0.2, 0.25) is 11.8 Å². The van der Waals surface area contributed by atoms with Crippen molar-refractivity contribution in [3.63, 3.8) is 0 Å². The molecule has 4 N–H and O–H groups in total. The first-order chi connectivity index (χ1) is 6.11. The highest BCUT2D eigenvalue weighted by Crippen LogP contribution is 2.20. The zero-order valence-electron chi connectivity index (χ0n) is 6.77. The van der Waals surface area contributed by atoms with Crippen LogP contribution in [0.4, 0.5) is 0 Å². The quantitative estimate of drug-likeness (QED) is 0.689. The Morgan fingerprint density at radius 3 is 2.62 bits per heavy atom. The molecule has 1 aromatic rings. The fraction of sp³-hybridized carbons (Fsp3) is 0.286. The van der Waals surface area contributed by atoms with Crippen molar-refractivity contribution in [1.82, 2.24) is 4.98 Å². The van der Waals surface area contributed by atoms with E-state index >= 15 is 0 Å². The van der Waals surface area contributed by atoms with E-state index in [0.29, 0.717) is 5.01 Å². The first-order valence-corrected chi connectivity index (χ1v) is 4.46. The van der Waals surface area contributed by atoms with Gasteiger partial charge in [-0.25, -0.2) is 4.98 Å². The predicted octanol–water partition coefficient (Wildman–Crippen LogP) is -0.413. The van der Waals surface area contributed by atoms with E-state index in [0.717, 1.165) is 0 Å². The molecule has 0 saturated heterocycles. The topological polar surface area (TPSA) is 99.1 Å². The molecular weight excluding hydrogens is 190 g/mol. The predicted molar refractivity (Wildman–Crippen MR) is 47.9 cm³/mol. The molecule has 0 saturated carbocycles. The summed E-state index contributed by atoms with van der Waals surface area (Å²) in [4.78, 5) is 25.4. The Labute approximate surface area is 78.8 Å². The third-order valence-corrected chi connectivity index (χ3v) is 2.39. The molecule has 6 heteroatoms. The minimum atomic E-state index is -0.683. The third-order valence-electron chi connectivity index (χ3n) is 1.50. The zero-order chi connectivity index (χ0) is 9.84. The molecule has 2 amide bonds. The van der Waals surface area contributed by atoms with Gasteiger partial charge in [0.25, 0.3) is 0 Å². The fourth-order valence-electron chi connectivity index (χ4n) is 0.917. The van der Waals surface area contributed by atoms with Crippen LogP contribution in [0.1, 0.15) is 17.3 Å². The Bertz CT molecular complexity index is 310. The second-order valence-electron chi connectivity index (χ2n) is 2.50. The summed E-state index contributed by atoms with van der Waals surface area (Å²) in [7, 11) is 0. The SMILES string of the molecule is NC(=O)CC(C(N)=O)c1nccs1. The van der Waals surface area contributed by atoms with Crippen molar-refractivity contribution in [2.45, 2.75) is 12.3 Å². The van der Waals surface area contributed by atoms with Crippen LogP contribution in [-0.2, 0) is 9.59 Å². The second kappa shape index (κ2) is 3.99. The minimum absolute atomic E-state index is 0.0805. The number of carbonyl (C=O) groups excluding carboxylic acids is 2. The van der Waals surface area contributed by atoms with E-state index < -0.39 is 17.7 Å². The molecule has 0 aliphatic rings. The largest absolute Gasteiger partial charge is 0.370 e. The van der Waals surface area contributed by atoms with E-state index in [4.69, 9.17) is 11.5 Å². The van der Waals surface area contributed by atoms with E-state index in [2.05, 4.69) is 4.98 Å². The lowest BCUT2D eigenvalue weighted by atomic mass is 10.1. The average Bonchev–Trinajstić information content (AvgIpc) is 2.50. The van der Waals surface area contributed by atoms with Gasteiger partial charge in [0.05, 0.1) is 5.92 Å². The molecule has 1 atom stereocenters. The van der Waals surface area contributed by atoms with Crippen molar-refractivity contribution < 1.29 is 9.59 Å². The first-order valence-electron chi connectivity index (χ1n) is 3.58. The number of nitrogens with zero attached hydrogens (tertiary/aromatic N) is 1. The molecule has 0 aliphatic carbocycles. The lowest BCUT2D eigenvalue weighted by Gasteiger charge is -2.06. The number of thiazole rings is 1. The molecule has 70 valence electrons. The number of nitrogens with two attached hydrogens (primary N) is 2. The first kappa shape index (κ1) is 9.66. The molecule has 1 heterocycles. The molecule has 0 radical (unpaired) electrons. The number of hydrogen-bond donors (Lipinski definition) is 2. The van der Waals surface area contributed by atoms with Crippen LogP contribution < -0.4 is 11.5 Å². The summed E-state index contributed by atoms with van der Waals surface area (Å²) < 4.78 is 0. The number of aromatic nitrogens is 1. The highest BCUT2D eigenvalue weighted by atomic mass is 32.1. The van der Waals surface area contributed by atoms with Gasteiger partial charge >= 0.3 is 0 Å². The van der Waals surface area contributed by atoms with Crippen molar-refractivity contribution in [1.29, 1.82) is 0 Å². The summed E-state index contributed by atoms with van der Waals surface area (Å²) in [5, 5.41) is 2.25. The van der Waals surface area contributed by atoms with Gasteiger partial charge in [-0.15, -0.1) is 11.3 Å². The van der Waals surface area contributed by atoms with E-state index in [-0.39, 0.29) is 6.42 Å². The summed E-state index contributed by atoms with van der Waals surface area (Å²) in [5.74, 6) is -1.81. The van der Waals surface area contributed by atoms with Gasteiger partial charge < -0.3 is 11.5 Å². The molecule has 0 fully saturated rings. The van der Waals surface area contributed by atoms with Gasteiger partial charge in [0, 0.05) is 18.0 Å². The fourth-order valence-corrected chi connectivity index (χ4v) is 1.66. The van der Waals surface area contributed by atoms with E-state index in [1.54, 1.807) is 11.6 Å². The van der Waals surface area contributed by atoms with Crippen LogP contribution in [0.25, 0.3) is 0 Å². The van der Waals surface area contributed by atoms with Crippen molar-refractivity contribution in [3.05, 3.63) is 16.6 Å². The number of rotatable bonds is 4. The summed E-state index contributed by atoms with van der Waals surface area (Å²) in [6.07, 6.45) is 1.47. The van der Waals surface area contributed by atoms with Crippen molar-refractivity contribution >= 4 is 23.2 Å². The molecule has 5 nitrogen and oxygen atoms in total.